The first-order chi connectivity index (χ1) is 12.3. The van der Waals surface area contributed by atoms with Gasteiger partial charge < -0.3 is 5.11 Å². The number of hydrogen-bond acceptors (Lipinski definition) is 4. The summed E-state index contributed by atoms with van der Waals surface area (Å²) in [5.41, 5.74) is 3.67. The van der Waals surface area contributed by atoms with Crippen molar-refractivity contribution >= 4 is 34.6 Å². The molecule has 1 amide bonds. The number of carbonyl (C=O) groups excluding carboxylic acids is 1. The molecular weight excluding hydrogens is 344 g/mol. The van der Waals surface area contributed by atoms with E-state index in [0.29, 0.717) is 21.7 Å². The maximum Gasteiger partial charge on any atom is 0.266 e. The Balaban J connectivity index is 1.87. The Morgan fingerprint density at radius 1 is 1.15 bits per heavy atom. The van der Waals surface area contributed by atoms with Crippen molar-refractivity contribution in [1.29, 1.82) is 0 Å². The summed E-state index contributed by atoms with van der Waals surface area (Å²) >= 11 is 1.32. The molecule has 134 valence electrons. The summed E-state index contributed by atoms with van der Waals surface area (Å²) in [4.78, 5) is 19.1. The molecule has 1 saturated heterocycles. The highest BCUT2D eigenvalue weighted by molar-refractivity contribution is 8.18. The van der Waals surface area contributed by atoms with Crippen LogP contribution in [-0.2, 0) is 4.79 Å². The SMILES string of the molecule is Cc1ccc(N=C2S/C(=C\c3ccc(C(C)C)cc3)C(=O)N2C)c(O)c1. The molecule has 1 fully saturated rings. The summed E-state index contributed by atoms with van der Waals surface area (Å²) in [6.45, 7) is 6.21. The Morgan fingerprint density at radius 2 is 1.85 bits per heavy atom. The number of aromatic hydroxyl groups is 1. The Kier molecular flexibility index (Phi) is 5.18. The third-order valence-corrected chi connectivity index (χ3v) is 5.31. The number of rotatable bonds is 3. The van der Waals surface area contributed by atoms with Crippen molar-refractivity contribution in [3.63, 3.8) is 0 Å². The second-order valence-electron chi connectivity index (χ2n) is 6.68. The molecule has 2 aromatic rings. The molecule has 0 bridgehead atoms. The fourth-order valence-electron chi connectivity index (χ4n) is 2.61. The van der Waals surface area contributed by atoms with Gasteiger partial charge in [-0.2, -0.15) is 0 Å². The zero-order valence-corrected chi connectivity index (χ0v) is 16.2. The van der Waals surface area contributed by atoms with Crippen molar-refractivity contribution < 1.29 is 9.90 Å². The van der Waals surface area contributed by atoms with E-state index in [-0.39, 0.29) is 11.7 Å². The number of phenols is 1. The minimum Gasteiger partial charge on any atom is -0.506 e. The van der Waals surface area contributed by atoms with E-state index < -0.39 is 0 Å². The first-order valence-corrected chi connectivity index (χ1v) is 9.32. The fourth-order valence-corrected chi connectivity index (χ4v) is 3.59. The lowest BCUT2D eigenvalue weighted by Gasteiger charge is -2.08. The lowest BCUT2D eigenvalue weighted by molar-refractivity contribution is -0.121. The minimum absolute atomic E-state index is 0.0895. The molecule has 1 N–H and O–H groups in total. The van der Waals surface area contributed by atoms with Crippen molar-refractivity contribution in [1.82, 2.24) is 4.90 Å². The topological polar surface area (TPSA) is 52.9 Å². The third kappa shape index (κ3) is 3.83. The Bertz CT molecular complexity index is 899. The molecule has 1 aliphatic rings. The van der Waals surface area contributed by atoms with Gasteiger partial charge in [-0.25, -0.2) is 4.99 Å². The standard InChI is InChI=1S/C21H22N2O2S/c1-13(2)16-8-6-15(7-9-16)12-19-20(25)23(4)21(26-19)22-17-10-5-14(3)11-18(17)24/h5-13,24H,1-4H3/b19-12-,22-21?. The average molecular weight is 366 g/mol. The van der Waals surface area contributed by atoms with Crippen molar-refractivity contribution in [3.8, 4) is 5.75 Å². The first-order valence-electron chi connectivity index (χ1n) is 8.51. The molecule has 1 heterocycles. The number of amidine groups is 1. The maximum absolute atomic E-state index is 12.5. The number of nitrogens with zero attached hydrogens (tertiary/aromatic N) is 2. The normalized spacial score (nSPS) is 17.7. The van der Waals surface area contributed by atoms with E-state index in [4.69, 9.17) is 0 Å². The molecule has 5 heteroatoms. The summed E-state index contributed by atoms with van der Waals surface area (Å²) < 4.78 is 0. The number of aryl methyl sites for hydroxylation is 1. The molecule has 2 aromatic carbocycles. The lowest BCUT2D eigenvalue weighted by atomic mass is 10.0. The smallest absolute Gasteiger partial charge is 0.266 e. The highest BCUT2D eigenvalue weighted by Gasteiger charge is 2.30. The van der Waals surface area contributed by atoms with E-state index in [1.54, 1.807) is 19.2 Å². The summed E-state index contributed by atoms with van der Waals surface area (Å²) in [7, 11) is 1.70. The van der Waals surface area contributed by atoms with E-state index in [1.165, 1.54) is 22.2 Å². The van der Waals surface area contributed by atoms with Crippen LogP contribution >= 0.6 is 11.8 Å². The van der Waals surface area contributed by atoms with Crippen molar-refractivity contribution in [2.24, 2.45) is 4.99 Å². The monoisotopic (exact) mass is 366 g/mol. The van der Waals surface area contributed by atoms with Gasteiger partial charge >= 0.3 is 0 Å². The lowest BCUT2D eigenvalue weighted by Crippen LogP contribution is -2.23. The highest BCUT2D eigenvalue weighted by atomic mass is 32.2. The van der Waals surface area contributed by atoms with Crippen molar-refractivity contribution in [2.45, 2.75) is 26.7 Å². The van der Waals surface area contributed by atoms with E-state index in [0.717, 1.165) is 11.1 Å². The zero-order chi connectivity index (χ0) is 18.8. The molecule has 0 spiro atoms. The van der Waals surface area contributed by atoms with Gasteiger partial charge in [0.05, 0.1) is 4.91 Å². The number of likely N-dealkylation sites (N-methyl/N-ethyl adjacent to an activating group) is 1. The van der Waals surface area contributed by atoms with Gasteiger partial charge in [0.15, 0.2) is 5.17 Å². The molecule has 0 aromatic heterocycles. The van der Waals surface area contributed by atoms with Crippen LogP contribution in [0.25, 0.3) is 6.08 Å². The van der Waals surface area contributed by atoms with Crippen molar-refractivity contribution in [2.75, 3.05) is 7.05 Å². The minimum atomic E-state index is -0.0895. The summed E-state index contributed by atoms with van der Waals surface area (Å²) in [5, 5.41) is 10.6. The van der Waals surface area contributed by atoms with Gasteiger partial charge in [-0.05, 0) is 59.5 Å². The third-order valence-electron chi connectivity index (χ3n) is 4.25. The number of amides is 1. The number of thioether (sulfide) groups is 1. The number of hydrogen-bond donors (Lipinski definition) is 1. The van der Waals surface area contributed by atoms with E-state index >= 15 is 0 Å². The van der Waals surface area contributed by atoms with Gasteiger partial charge in [-0.1, -0.05) is 44.2 Å². The summed E-state index contributed by atoms with van der Waals surface area (Å²) in [6, 6.07) is 13.5. The molecule has 0 unspecified atom stereocenters. The van der Waals surface area contributed by atoms with Gasteiger partial charge in [-0.3, -0.25) is 9.69 Å². The molecule has 0 atom stereocenters. The Hall–Kier alpha value is -2.53. The second-order valence-corrected chi connectivity index (χ2v) is 7.69. The largest absolute Gasteiger partial charge is 0.506 e. The molecule has 4 nitrogen and oxygen atoms in total. The molecule has 0 saturated carbocycles. The van der Waals surface area contributed by atoms with Crippen LogP contribution in [0.2, 0.25) is 0 Å². The van der Waals surface area contributed by atoms with Crippen LogP contribution in [0.3, 0.4) is 0 Å². The number of phenolic OH excluding ortho intramolecular Hbond substituents is 1. The molecule has 3 rings (SSSR count). The maximum atomic E-state index is 12.5. The van der Waals surface area contributed by atoms with Crippen LogP contribution in [0.1, 0.15) is 36.5 Å². The zero-order valence-electron chi connectivity index (χ0n) is 15.4. The molecule has 26 heavy (non-hydrogen) atoms. The van der Waals surface area contributed by atoms with Gasteiger partial charge in [0.25, 0.3) is 5.91 Å². The van der Waals surface area contributed by atoms with Crippen LogP contribution in [-0.4, -0.2) is 28.1 Å². The van der Waals surface area contributed by atoms with E-state index in [2.05, 4.69) is 31.0 Å². The van der Waals surface area contributed by atoms with Gasteiger partial charge in [0.2, 0.25) is 0 Å². The first kappa shape index (κ1) is 18.3. The van der Waals surface area contributed by atoms with Gasteiger partial charge in [-0.15, -0.1) is 0 Å². The predicted octanol–water partition coefficient (Wildman–Crippen LogP) is 5.06. The summed E-state index contributed by atoms with van der Waals surface area (Å²) in [6.07, 6.45) is 1.88. The van der Waals surface area contributed by atoms with Crippen LogP contribution in [0.4, 0.5) is 5.69 Å². The Morgan fingerprint density at radius 3 is 2.46 bits per heavy atom. The molecule has 0 aliphatic carbocycles. The molecule has 0 radical (unpaired) electrons. The van der Waals surface area contributed by atoms with E-state index in [9.17, 15) is 9.90 Å². The van der Waals surface area contributed by atoms with Crippen molar-refractivity contribution in [3.05, 3.63) is 64.1 Å². The average Bonchev–Trinajstić information content (AvgIpc) is 2.86. The van der Waals surface area contributed by atoms with Crippen LogP contribution in [0, 0.1) is 6.92 Å². The van der Waals surface area contributed by atoms with Crippen LogP contribution in [0.5, 0.6) is 5.75 Å². The highest BCUT2D eigenvalue weighted by Crippen LogP contribution is 2.35. The molecule has 1 aliphatic heterocycles. The summed E-state index contributed by atoms with van der Waals surface area (Å²) in [5.74, 6) is 0.500. The number of benzene rings is 2. The number of aliphatic imine (C=N–C) groups is 1. The van der Waals surface area contributed by atoms with Gasteiger partial charge in [0.1, 0.15) is 11.4 Å². The van der Waals surface area contributed by atoms with Crippen LogP contribution < -0.4 is 0 Å². The quantitative estimate of drug-likeness (QED) is 0.773. The molecular formula is C21H22N2O2S. The predicted molar refractivity (Wildman–Crippen MR) is 109 cm³/mol. The second kappa shape index (κ2) is 7.38. The Labute approximate surface area is 158 Å². The number of carbonyl (C=O) groups is 1. The van der Waals surface area contributed by atoms with Gasteiger partial charge in [0, 0.05) is 7.05 Å². The van der Waals surface area contributed by atoms with Crippen LogP contribution in [0.15, 0.2) is 52.4 Å². The fraction of sp³-hybridized carbons (Fsp3) is 0.238. The van der Waals surface area contributed by atoms with E-state index in [1.807, 2.05) is 31.2 Å².